The Hall–Kier alpha value is -2.44. The Morgan fingerprint density at radius 1 is 0.245 bits per heavy atom. The molecule has 0 spiro atoms. The molecule has 35 heteroatoms. The van der Waals surface area contributed by atoms with Gasteiger partial charge in [-0.15, -0.1) is 0 Å². The molecule has 0 aromatic heterocycles. The lowest BCUT2D eigenvalue weighted by molar-refractivity contribution is -0.402. The van der Waals surface area contributed by atoms with Gasteiger partial charge in [0.1, 0.15) is 171 Å². The van der Waals surface area contributed by atoms with E-state index in [0.29, 0.717) is 6.54 Å². The summed E-state index contributed by atoms with van der Waals surface area (Å²) in [6.45, 7) is 0.338. The van der Waals surface area contributed by atoms with Gasteiger partial charge >= 0.3 is 0 Å². The van der Waals surface area contributed by atoms with Crippen LogP contribution in [0.25, 0.3) is 6.08 Å². The topological polar surface area (TPSA) is 326 Å². The standard InChI is InChI=1S/C71H119NO34/c1-73-30-38-45-52(80-8)60(88-16)67(95-38)103-47-40(32-75-3)97-69(62(90-18)54(47)82-10)105-49-42(34-77-5)99-71(64(92-20)56(49)84-12)106-50-43(35-78-6)98-70(63(91-19)57(50)85-13)104-48-41(33-76-4)96-68(61(89-17)55(48)83-11)102-46-39(31-74-2)94-66(59(87-15)53(46)81-9)100-44-37(93-65(101-45)58(86-14)51(44)79-7)29-72-28-24-27-36-25-22-21-23-26-36/h21-27,37-72H,28-35H2,1-20H3/t37-,38-,39-,40-,41-,42-,43-,44-,45-,46-,47-,48-,49-,50-,51+,52+,53+,54+,55+,56+,57+,58-,59-,60-,61-,62-,63-,64-,65-,66-,67-,68-,69-,70-,71-/m1/s1. The van der Waals surface area contributed by atoms with Crippen molar-refractivity contribution >= 4 is 6.08 Å². The van der Waals surface area contributed by atoms with Gasteiger partial charge in [0, 0.05) is 155 Å². The van der Waals surface area contributed by atoms with Crippen LogP contribution < -0.4 is 5.32 Å². The molecule has 0 saturated carbocycles. The SMILES string of the molecule is COC[C@H]1O[C@@H]2O[C@H]3[C@H](OC)[C@@H](OC)[C@@H](O[C@H]4[C@H](OC)[C@@H](OC)[C@@H](O[C@H]5[C@H](OC)[C@@H](OC)[C@@H](O[C@H]6[C@H](OC)[C@@H](OC)[C@@H](O[C@H]7[C@H](OC)[C@@H](OC)[C@@H](O[C@H]8[C@H](OC)[C@@H](OC)[C@@H](O[C@H]1[C@H](OC)[C@H]2OC)O[C@@H]8CNCC=Cc1ccccc1)O[C@@H]7COC)O[C@@H]6COC)O[C@@H]5COC)O[C@@H]4COC)O[C@@H]3COC. The van der Waals surface area contributed by atoms with E-state index in [9.17, 15) is 0 Å². The van der Waals surface area contributed by atoms with Gasteiger partial charge in [0.2, 0.25) is 0 Å². The van der Waals surface area contributed by atoms with E-state index in [2.05, 4.69) is 5.32 Å². The Balaban J connectivity index is 1.14. The smallest absolute Gasteiger partial charge is 0.187 e. The maximum Gasteiger partial charge on any atom is 0.187 e. The Bertz CT molecular complexity index is 2600. The summed E-state index contributed by atoms with van der Waals surface area (Å²) >= 11 is 0. The van der Waals surface area contributed by atoms with E-state index in [1.165, 1.54) is 135 Å². The van der Waals surface area contributed by atoms with Crippen molar-refractivity contribution in [3.63, 3.8) is 0 Å². The number of hydrogen-bond acceptors (Lipinski definition) is 35. The van der Waals surface area contributed by atoms with E-state index >= 15 is 0 Å². The molecule has 106 heavy (non-hydrogen) atoms. The van der Waals surface area contributed by atoms with E-state index in [-0.39, 0.29) is 46.2 Å². The molecule has 22 rings (SSSR count). The third-order valence-corrected chi connectivity index (χ3v) is 20.7. The summed E-state index contributed by atoms with van der Waals surface area (Å²) in [6.07, 6.45) is -32.1. The van der Waals surface area contributed by atoms with Gasteiger partial charge in [0.05, 0.1) is 39.6 Å². The molecule has 1 aromatic rings. The summed E-state index contributed by atoms with van der Waals surface area (Å²) in [5.74, 6) is 0. The first kappa shape index (κ1) is 87.5. The summed E-state index contributed by atoms with van der Waals surface area (Å²) in [5.41, 5.74) is 1.02. The molecule has 0 amide bonds. The number of rotatable bonds is 31. The maximum absolute atomic E-state index is 7.23. The lowest BCUT2D eigenvalue weighted by Gasteiger charge is -2.52. The monoisotopic (exact) mass is 1530 g/mol. The molecule has 35 nitrogen and oxygen atoms in total. The van der Waals surface area contributed by atoms with E-state index in [4.69, 9.17) is 161 Å². The molecule has 21 saturated heterocycles. The highest BCUT2D eigenvalue weighted by molar-refractivity contribution is 5.48. The summed E-state index contributed by atoms with van der Waals surface area (Å²) in [5, 5.41) is 3.54. The zero-order chi connectivity index (χ0) is 76.1. The van der Waals surface area contributed by atoms with Crippen LogP contribution in [0.5, 0.6) is 0 Å². The highest BCUT2D eigenvalue weighted by atomic mass is 16.8. The first-order chi connectivity index (χ1) is 51.7. The van der Waals surface area contributed by atoms with Crippen molar-refractivity contribution in [2.45, 2.75) is 215 Å². The van der Waals surface area contributed by atoms with Gasteiger partial charge in [0.25, 0.3) is 0 Å². The molecular weight excluding hydrogens is 1410 g/mol. The largest absolute Gasteiger partial charge is 0.382 e. The minimum Gasteiger partial charge on any atom is -0.382 e. The van der Waals surface area contributed by atoms with Gasteiger partial charge in [-0.25, -0.2) is 0 Å². The quantitative estimate of drug-likeness (QED) is 0.0968. The molecule has 0 aliphatic carbocycles. The Labute approximate surface area is 622 Å². The van der Waals surface area contributed by atoms with Crippen LogP contribution in [0, 0.1) is 0 Å². The van der Waals surface area contributed by atoms with Crippen LogP contribution in [0.15, 0.2) is 36.4 Å². The molecule has 21 fully saturated rings. The van der Waals surface area contributed by atoms with Crippen molar-refractivity contribution in [3.05, 3.63) is 42.0 Å². The Morgan fingerprint density at radius 3 is 0.623 bits per heavy atom. The highest BCUT2D eigenvalue weighted by Crippen LogP contribution is 2.43. The normalized spacial score (nSPS) is 43.5. The summed E-state index contributed by atoms with van der Waals surface area (Å²) in [4.78, 5) is 0. The second-order valence-electron chi connectivity index (χ2n) is 26.5. The number of benzene rings is 1. The van der Waals surface area contributed by atoms with Crippen LogP contribution in [0.4, 0.5) is 0 Å². The molecule has 1 aromatic carbocycles. The van der Waals surface area contributed by atoms with Crippen molar-refractivity contribution in [3.8, 4) is 0 Å². The molecule has 1 N–H and O–H groups in total. The zero-order valence-corrected chi connectivity index (χ0v) is 64.8. The molecule has 21 aliphatic rings. The van der Waals surface area contributed by atoms with Crippen molar-refractivity contribution in [2.24, 2.45) is 0 Å². The average Bonchev–Trinajstić information content (AvgIpc) is 0.766. The average molecular weight is 1530 g/mol. The van der Waals surface area contributed by atoms with Gasteiger partial charge in [0.15, 0.2) is 44.0 Å². The first-order valence-electron chi connectivity index (χ1n) is 35.6. The van der Waals surface area contributed by atoms with Crippen LogP contribution in [-0.2, 0) is 161 Å². The molecule has 0 unspecified atom stereocenters. The van der Waals surface area contributed by atoms with Crippen molar-refractivity contribution in [1.29, 1.82) is 0 Å². The fourth-order valence-corrected chi connectivity index (χ4v) is 15.8. The lowest BCUT2D eigenvalue weighted by atomic mass is 9.94. The van der Waals surface area contributed by atoms with Crippen LogP contribution in [-0.4, -0.2) is 410 Å². The second kappa shape index (κ2) is 43.7. The first-order valence-corrected chi connectivity index (χ1v) is 35.6. The predicted molar refractivity (Wildman–Crippen MR) is 365 cm³/mol. The summed E-state index contributed by atoms with van der Waals surface area (Å²) in [7, 11) is 30.4. The molecule has 21 heterocycles. The molecule has 0 radical (unpaired) electrons. The highest BCUT2D eigenvalue weighted by Gasteiger charge is 2.62. The van der Waals surface area contributed by atoms with E-state index in [1.807, 2.05) is 42.5 Å². The van der Waals surface area contributed by atoms with Crippen LogP contribution in [0.3, 0.4) is 0 Å². The minimum atomic E-state index is -1.23. The lowest BCUT2D eigenvalue weighted by Crippen LogP contribution is -2.69. The number of ether oxygens (including phenoxy) is 34. The molecular formula is C71H119NO34. The van der Waals surface area contributed by atoms with Gasteiger partial charge in [-0.3, -0.25) is 0 Å². The van der Waals surface area contributed by atoms with Gasteiger partial charge < -0.3 is 166 Å². The summed E-state index contributed by atoms with van der Waals surface area (Å²) in [6, 6.07) is 9.93. The fraction of sp³-hybridized carbons (Fsp3) is 0.887. The van der Waals surface area contributed by atoms with Gasteiger partial charge in [-0.2, -0.15) is 0 Å². The Morgan fingerprint density at radius 2 is 0.434 bits per heavy atom. The Kier molecular flexibility index (Phi) is 36.1. The molecule has 35 atom stereocenters. The number of methoxy groups -OCH3 is 20. The molecule has 14 bridgehead atoms. The third-order valence-electron chi connectivity index (χ3n) is 20.7. The molecule has 21 aliphatic heterocycles. The van der Waals surface area contributed by atoms with E-state index in [0.717, 1.165) is 5.56 Å². The fourth-order valence-electron chi connectivity index (χ4n) is 15.8. The van der Waals surface area contributed by atoms with Crippen LogP contribution in [0.2, 0.25) is 0 Å². The van der Waals surface area contributed by atoms with E-state index < -0.39 is 215 Å². The van der Waals surface area contributed by atoms with Gasteiger partial charge in [-0.05, 0) is 5.56 Å². The summed E-state index contributed by atoms with van der Waals surface area (Å²) < 4.78 is 223. The van der Waals surface area contributed by atoms with Crippen molar-refractivity contribution in [1.82, 2.24) is 5.32 Å². The van der Waals surface area contributed by atoms with Crippen LogP contribution >= 0.6 is 0 Å². The number of hydrogen-bond donors (Lipinski definition) is 1. The molecule has 612 valence electrons. The predicted octanol–water partition coefficient (Wildman–Crippen LogP) is 0.162. The third kappa shape index (κ3) is 19.8. The maximum atomic E-state index is 7.23. The van der Waals surface area contributed by atoms with Crippen LogP contribution in [0.1, 0.15) is 5.56 Å². The number of nitrogens with one attached hydrogen (secondary N) is 1. The second-order valence-corrected chi connectivity index (χ2v) is 26.5. The van der Waals surface area contributed by atoms with Gasteiger partial charge in [-0.1, -0.05) is 42.5 Å². The van der Waals surface area contributed by atoms with Crippen molar-refractivity contribution < 1.29 is 161 Å². The minimum absolute atomic E-state index is 0.0406. The van der Waals surface area contributed by atoms with E-state index in [1.54, 1.807) is 7.11 Å². The zero-order valence-electron chi connectivity index (χ0n) is 64.8. The van der Waals surface area contributed by atoms with Crippen molar-refractivity contribution in [2.75, 3.05) is 195 Å².